The van der Waals surface area contributed by atoms with E-state index in [0.29, 0.717) is 22.5 Å². The molecule has 10 nitrogen and oxygen atoms in total. The quantitative estimate of drug-likeness (QED) is 0.266. The van der Waals surface area contributed by atoms with E-state index in [1.807, 2.05) is 6.92 Å². The number of nitrogens with zero attached hydrogens (tertiary/aromatic N) is 1. The molecule has 1 aliphatic heterocycles. The van der Waals surface area contributed by atoms with Crippen molar-refractivity contribution in [2.45, 2.75) is 25.6 Å². The third kappa shape index (κ3) is 6.17. The van der Waals surface area contributed by atoms with Gasteiger partial charge in [-0.2, -0.15) is 0 Å². The average Bonchev–Trinajstić information content (AvgIpc) is 2.80. The molecule has 0 unspecified atom stereocenters. The normalized spacial score (nSPS) is 16.4. The van der Waals surface area contributed by atoms with Gasteiger partial charge in [-0.25, -0.2) is 0 Å². The SMILES string of the molecule is Cc1ccc(N2CCO[C@H]([C@@H](O)C(=O)Nc3ccc(C(=N)N)cc3)C2=O)cc1CC(=O)CO.Cl. The Morgan fingerprint density at radius 3 is 2.56 bits per heavy atom. The van der Waals surface area contributed by atoms with Crippen LogP contribution in [0.1, 0.15) is 16.7 Å². The van der Waals surface area contributed by atoms with Gasteiger partial charge in [-0.3, -0.25) is 19.8 Å². The summed E-state index contributed by atoms with van der Waals surface area (Å²) in [5.74, 6) is -1.86. The van der Waals surface area contributed by atoms with Crippen molar-refractivity contribution in [1.29, 1.82) is 5.41 Å². The fraction of sp³-hybridized carbons (Fsp3) is 0.304. The topological polar surface area (TPSA) is 166 Å². The monoisotopic (exact) mass is 490 g/mol. The van der Waals surface area contributed by atoms with E-state index in [0.717, 1.165) is 5.56 Å². The minimum absolute atomic E-state index is 0. The minimum Gasteiger partial charge on any atom is -0.389 e. The maximum Gasteiger partial charge on any atom is 0.259 e. The number of hydrogen-bond donors (Lipinski definition) is 5. The van der Waals surface area contributed by atoms with Crippen LogP contribution in [-0.4, -0.2) is 65.6 Å². The molecule has 1 saturated heterocycles. The van der Waals surface area contributed by atoms with Crippen molar-refractivity contribution in [2.75, 3.05) is 30.0 Å². The van der Waals surface area contributed by atoms with Crippen LogP contribution in [0.25, 0.3) is 0 Å². The molecule has 0 radical (unpaired) electrons. The van der Waals surface area contributed by atoms with Crippen molar-refractivity contribution in [3.8, 4) is 0 Å². The number of carbonyl (C=O) groups excluding carboxylic acids is 3. The fourth-order valence-corrected chi connectivity index (χ4v) is 3.46. The lowest BCUT2D eigenvalue weighted by Crippen LogP contribution is -2.55. The molecule has 2 amide bonds. The third-order valence-corrected chi connectivity index (χ3v) is 5.35. The summed E-state index contributed by atoms with van der Waals surface area (Å²) >= 11 is 0. The Bertz CT molecular complexity index is 1080. The smallest absolute Gasteiger partial charge is 0.259 e. The van der Waals surface area contributed by atoms with E-state index in [9.17, 15) is 19.5 Å². The van der Waals surface area contributed by atoms with Gasteiger partial charge in [-0.1, -0.05) is 6.07 Å². The molecule has 0 bridgehead atoms. The standard InChI is InChI=1S/C23H26N4O6.ClH/c1-13-2-7-17(10-15(13)11-18(29)12-28)27-8-9-33-20(23(27)32)19(30)22(31)26-16-5-3-14(4-6-16)21(24)25;/h2-7,10,19-20,28,30H,8-9,11-12H2,1H3,(H3,24,25)(H,26,31);1H/t19-,20-;/m1./s1. The van der Waals surface area contributed by atoms with Gasteiger partial charge in [0, 0.05) is 29.9 Å². The summed E-state index contributed by atoms with van der Waals surface area (Å²) in [7, 11) is 0. The van der Waals surface area contributed by atoms with Crippen LogP contribution in [0.5, 0.6) is 0 Å². The zero-order chi connectivity index (χ0) is 24.1. The number of rotatable bonds is 8. The van der Waals surface area contributed by atoms with Crippen LogP contribution in [-0.2, 0) is 25.5 Å². The number of Topliss-reactive ketones (excluding diaryl/α,β-unsaturated/α-hetero) is 1. The van der Waals surface area contributed by atoms with Gasteiger partial charge in [0.15, 0.2) is 18.0 Å². The number of aliphatic hydroxyl groups is 2. The van der Waals surface area contributed by atoms with E-state index in [4.69, 9.17) is 21.0 Å². The van der Waals surface area contributed by atoms with Crippen LogP contribution in [0.2, 0.25) is 0 Å². The van der Waals surface area contributed by atoms with Gasteiger partial charge in [0.2, 0.25) is 0 Å². The number of ether oxygens (including phenoxy) is 1. The van der Waals surface area contributed by atoms with E-state index in [2.05, 4.69) is 5.32 Å². The molecule has 3 rings (SSSR count). The van der Waals surface area contributed by atoms with Gasteiger partial charge in [-0.15, -0.1) is 12.4 Å². The van der Waals surface area contributed by atoms with Crippen molar-refractivity contribution in [3.63, 3.8) is 0 Å². The molecule has 1 fully saturated rings. The second kappa shape index (κ2) is 11.7. The molecule has 1 aliphatic rings. The number of carbonyl (C=O) groups is 3. The van der Waals surface area contributed by atoms with Gasteiger partial charge >= 0.3 is 0 Å². The van der Waals surface area contributed by atoms with Gasteiger partial charge in [-0.05, 0) is 54.4 Å². The number of nitrogens with two attached hydrogens (primary N) is 1. The van der Waals surface area contributed by atoms with E-state index >= 15 is 0 Å². The number of morpholine rings is 1. The number of aliphatic hydroxyl groups excluding tert-OH is 2. The van der Waals surface area contributed by atoms with E-state index in [1.165, 1.54) is 17.0 Å². The minimum atomic E-state index is -1.76. The van der Waals surface area contributed by atoms with Crippen LogP contribution in [0.15, 0.2) is 42.5 Å². The number of nitrogens with one attached hydrogen (secondary N) is 2. The van der Waals surface area contributed by atoms with Crippen molar-refractivity contribution in [2.24, 2.45) is 5.73 Å². The highest BCUT2D eigenvalue weighted by Crippen LogP contribution is 2.24. The summed E-state index contributed by atoms with van der Waals surface area (Å²) in [6.07, 6.45) is -3.13. The molecule has 0 saturated carbocycles. The summed E-state index contributed by atoms with van der Waals surface area (Å²) in [6, 6.07) is 11.3. The van der Waals surface area contributed by atoms with Gasteiger partial charge in [0.05, 0.1) is 6.61 Å². The molecule has 11 heteroatoms. The fourth-order valence-electron chi connectivity index (χ4n) is 3.46. The molecule has 0 aliphatic carbocycles. The summed E-state index contributed by atoms with van der Waals surface area (Å²) in [4.78, 5) is 38.6. The summed E-state index contributed by atoms with van der Waals surface area (Å²) in [5.41, 5.74) is 8.27. The molecular formula is C23H27ClN4O6. The van der Waals surface area contributed by atoms with Crippen molar-refractivity contribution in [1.82, 2.24) is 0 Å². The number of amidine groups is 1. The molecular weight excluding hydrogens is 464 g/mol. The molecule has 6 N–H and O–H groups in total. The number of amides is 2. The van der Waals surface area contributed by atoms with Gasteiger partial charge < -0.3 is 30.9 Å². The van der Waals surface area contributed by atoms with Gasteiger partial charge in [0.1, 0.15) is 12.4 Å². The molecule has 0 spiro atoms. The number of ketones is 1. The Kier molecular flexibility index (Phi) is 9.28. The summed E-state index contributed by atoms with van der Waals surface area (Å²) < 4.78 is 5.42. The predicted octanol–water partition coefficient (Wildman–Crippen LogP) is 0.536. The Balaban J connectivity index is 0.00000408. The van der Waals surface area contributed by atoms with Crippen molar-refractivity contribution < 1.29 is 29.3 Å². The first-order valence-electron chi connectivity index (χ1n) is 10.3. The Hall–Kier alpha value is -3.31. The zero-order valence-corrected chi connectivity index (χ0v) is 19.3. The number of hydrogen-bond acceptors (Lipinski definition) is 7. The number of nitrogen functional groups attached to an aromatic ring is 1. The third-order valence-electron chi connectivity index (χ3n) is 5.35. The Morgan fingerprint density at radius 1 is 1.26 bits per heavy atom. The highest BCUT2D eigenvalue weighted by Gasteiger charge is 2.39. The van der Waals surface area contributed by atoms with Crippen LogP contribution in [0.4, 0.5) is 11.4 Å². The molecule has 0 aromatic heterocycles. The lowest BCUT2D eigenvalue weighted by atomic mass is 10.0. The number of anilines is 2. The Morgan fingerprint density at radius 2 is 1.94 bits per heavy atom. The number of halogens is 1. The second-order valence-corrected chi connectivity index (χ2v) is 7.69. The molecule has 2 aromatic carbocycles. The first-order chi connectivity index (χ1) is 15.7. The molecule has 2 aromatic rings. The van der Waals surface area contributed by atoms with Gasteiger partial charge in [0.25, 0.3) is 11.8 Å². The zero-order valence-electron chi connectivity index (χ0n) is 18.5. The van der Waals surface area contributed by atoms with Crippen LogP contribution in [0, 0.1) is 12.3 Å². The van der Waals surface area contributed by atoms with Crippen molar-refractivity contribution >= 4 is 47.2 Å². The number of benzene rings is 2. The molecule has 182 valence electrons. The highest BCUT2D eigenvalue weighted by molar-refractivity contribution is 6.04. The average molecular weight is 491 g/mol. The van der Waals surface area contributed by atoms with Crippen LogP contribution in [0.3, 0.4) is 0 Å². The van der Waals surface area contributed by atoms with Crippen molar-refractivity contribution in [3.05, 3.63) is 59.2 Å². The summed E-state index contributed by atoms with van der Waals surface area (Å²) in [5, 5.41) is 29.5. The maximum absolute atomic E-state index is 13.0. The highest BCUT2D eigenvalue weighted by atomic mass is 35.5. The number of aryl methyl sites for hydroxylation is 1. The van der Waals surface area contributed by atoms with E-state index < -0.39 is 30.6 Å². The second-order valence-electron chi connectivity index (χ2n) is 7.69. The summed E-state index contributed by atoms with van der Waals surface area (Å²) in [6.45, 7) is 1.57. The first kappa shape index (κ1) is 26.9. The lowest BCUT2D eigenvalue weighted by molar-refractivity contribution is -0.150. The molecule has 2 atom stereocenters. The van der Waals surface area contributed by atoms with Crippen LogP contribution < -0.4 is 16.0 Å². The lowest BCUT2D eigenvalue weighted by Gasteiger charge is -2.34. The first-order valence-corrected chi connectivity index (χ1v) is 10.3. The van der Waals surface area contributed by atoms with E-state index in [-0.39, 0.29) is 43.6 Å². The Labute approximate surface area is 202 Å². The maximum atomic E-state index is 13.0. The predicted molar refractivity (Wildman–Crippen MR) is 128 cm³/mol. The largest absolute Gasteiger partial charge is 0.389 e. The molecule has 1 heterocycles. The molecule has 34 heavy (non-hydrogen) atoms. The van der Waals surface area contributed by atoms with Crippen LogP contribution >= 0.6 is 12.4 Å². The van der Waals surface area contributed by atoms with E-state index in [1.54, 1.807) is 30.3 Å².